The molecule has 0 radical (unpaired) electrons. The largest absolute Gasteiger partial charge is 0.469 e. The molecule has 1 amide bonds. The van der Waals surface area contributed by atoms with Crippen LogP contribution in [0.3, 0.4) is 0 Å². The Morgan fingerprint density at radius 3 is 3.05 bits per heavy atom. The Bertz CT molecular complexity index is 630. The maximum Gasteiger partial charge on any atom is 0.311 e. The van der Waals surface area contributed by atoms with Crippen LogP contribution in [-0.2, 0) is 19.7 Å². The quantitative estimate of drug-likeness (QED) is 0.787. The molecule has 1 N–H and O–H groups in total. The van der Waals surface area contributed by atoms with Crippen LogP contribution in [0.2, 0.25) is 0 Å². The summed E-state index contributed by atoms with van der Waals surface area (Å²) in [5.41, 5.74) is 0.992. The van der Waals surface area contributed by atoms with E-state index in [9.17, 15) is 9.59 Å². The van der Waals surface area contributed by atoms with Gasteiger partial charge in [0.25, 0.3) is 0 Å². The summed E-state index contributed by atoms with van der Waals surface area (Å²) in [6.07, 6.45) is 2.04. The van der Waals surface area contributed by atoms with Gasteiger partial charge in [-0.2, -0.15) is 0 Å². The summed E-state index contributed by atoms with van der Waals surface area (Å²) in [6.45, 7) is 1.57. The molecular weight excluding hydrogens is 268 g/mol. The highest BCUT2D eigenvalue weighted by Crippen LogP contribution is 2.52. The van der Waals surface area contributed by atoms with Crippen LogP contribution in [0.15, 0.2) is 24.3 Å². The first-order chi connectivity index (χ1) is 10.2. The Morgan fingerprint density at radius 1 is 1.43 bits per heavy atom. The third kappa shape index (κ3) is 1.50. The number of hydrogen-bond donors (Lipinski definition) is 1. The Morgan fingerprint density at radius 2 is 2.24 bits per heavy atom. The molecule has 0 saturated carbocycles. The summed E-state index contributed by atoms with van der Waals surface area (Å²) < 4.78 is 5.05. The Kier molecular flexibility index (Phi) is 2.63. The van der Waals surface area contributed by atoms with E-state index in [0.29, 0.717) is 6.54 Å². The van der Waals surface area contributed by atoms with Crippen LogP contribution >= 0.6 is 0 Å². The van der Waals surface area contributed by atoms with Gasteiger partial charge in [-0.05, 0) is 31.0 Å². The smallest absolute Gasteiger partial charge is 0.311 e. The molecule has 3 aliphatic rings. The van der Waals surface area contributed by atoms with E-state index in [1.165, 1.54) is 7.11 Å². The van der Waals surface area contributed by atoms with Crippen molar-refractivity contribution in [1.82, 2.24) is 4.90 Å². The molecule has 1 aromatic carbocycles. The first-order valence-corrected chi connectivity index (χ1v) is 7.41. The van der Waals surface area contributed by atoms with E-state index in [2.05, 4.69) is 10.2 Å². The van der Waals surface area contributed by atoms with Crippen molar-refractivity contribution in [3.8, 4) is 0 Å². The third-order valence-electron chi connectivity index (χ3n) is 5.30. The summed E-state index contributed by atoms with van der Waals surface area (Å²) in [4.78, 5) is 27.5. The molecule has 3 heterocycles. The third-order valence-corrected chi connectivity index (χ3v) is 5.30. The number of benzene rings is 1. The fourth-order valence-corrected chi connectivity index (χ4v) is 4.46. The van der Waals surface area contributed by atoms with Crippen molar-refractivity contribution in [2.45, 2.75) is 24.3 Å². The van der Waals surface area contributed by atoms with E-state index in [-0.39, 0.29) is 17.9 Å². The minimum Gasteiger partial charge on any atom is -0.469 e. The number of methoxy groups -OCH3 is 1. The average Bonchev–Trinajstić information content (AvgIpc) is 3.12. The predicted octanol–water partition coefficient (Wildman–Crippen LogP) is 1.14. The second-order valence-corrected chi connectivity index (χ2v) is 6.15. The molecule has 21 heavy (non-hydrogen) atoms. The number of hydrogen-bond acceptors (Lipinski definition) is 4. The van der Waals surface area contributed by atoms with Gasteiger partial charge in [0, 0.05) is 18.3 Å². The number of ether oxygens (including phenoxy) is 1. The van der Waals surface area contributed by atoms with Crippen molar-refractivity contribution in [3.63, 3.8) is 0 Å². The van der Waals surface area contributed by atoms with Crippen LogP contribution < -0.4 is 5.32 Å². The van der Waals surface area contributed by atoms with Gasteiger partial charge in [-0.1, -0.05) is 18.2 Å². The molecule has 5 heteroatoms. The van der Waals surface area contributed by atoms with E-state index in [4.69, 9.17) is 4.74 Å². The lowest BCUT2D eigenvalue weighted by atomic mass is 9.70. The topological polar surface area (TPSA) is 58.6 Å². The van der Waals surface area contributed by atoms with E-state index in [0.717, 1.165) is 30.6 Å². The fraction of sp³-hybridized carbons (Fsp3) is 0.500. The maximum atomic E-state index is 12.8. The van der Waals surface area contributed by atoms with E-state index in [1.807, 2.05) is 24.3 Å². The molecule has 5 nitrogen and oxygen atoms in total. The zero-order valence-electron chi connectivity index (χ0n) is 12.0. The van der Waals surface area contributed by atoms with Crippen LogP contribution in [0.25, 0.3) is 0 Å². The number of para-hydroxylation sites is 1. The van der Waals surface area contributed by atoms with Gasteiger partial charge in [0.1, 0.15) is 5.41 Å². The first kappa shape index (κ1) is 12.8. The SMILES string of the molecule is COC(=O)C1C2CCCN2C[C@@]12C(=O)Nc1ccccc12. The summed E-state index contributed by atoms with van der Waals surface area (Å²) in [5, 5.41) is 2.96. The van der Waals surface area contributed by atoms with Gasteiger partial charge in [0.15, 0.2) is 0 Å². The molecule has 3 atom stereocenters. The lowest BCUT2D eigenvalue weighted by molar-refractivity contribution is -0.150. The van der Waals surface area contributed by atoms with E-state index in [1.54, 1.807) is 0 Å². The molecule has 2 saturated heterocycles. The number of fused-ring (bicyclic) bond motifs is 3. The van der Waals surface area contributed by atoms with Gasteiger partial charge in [0.2, 0.25) is 5.91 Å². The highest BCUT2D eigenvalue weighted by Gasteiger charge is 2.64. The van der Waals surface area contributed by atoms with E-state index < -0.39 is 11.3 Å². The number of anilines is 1. The summed E-state index contributed by atoms with van der Waals surface area (Å²) in [7, 11) is 1.41. The minimum atomic E-state index is -0.783. The number of nitrogens with zero attached hydrogens (tertiary/aromatic N) is 1. The van der Waals surface area contributed by atoms with Crippen molar-refractivity contribution in [2.24, 2.45) is 5.92 Å². The van der Waals surface area contributed by atoms with Crippen molar-refractivity contribution in [3.05, 3.63) is 29.8 Å². The molecule has 2 unspecified atom stereocenters. The molecule has 3 aliphatic heterocycles. The Hall–Kier alpha value is -1.88. The van der Waals surface area contributed by atoms with Crippen molar-refractivity contribution in [2.75, 3.05) is 25.5 Å². The van der Waals surface area contributed by atoms with Crippen molar-refractivity contribution < 1.29 is 14.3 Å². The van der Waals surface area contributed by atoms with Gasteiger partial charge >= 0.3 is 5.97 Å². The monoisotopic (exact) mass is 286 g/mol. The second-order valence-electron chi connectivity index (χ2n) is 6.15. The standard InChI is InChI=1S/C16H18N2O3/c1-21-14(19)13-12-7-4-8-18(12)9-16(13)10-5-2-3-6-11(10)17-15(16)20/h2-3,5-6,12-13H,4,7-9H2,1H3,(H,17,20)/t12?,13?,16-/m0/s1. The van der Waals surface area contributed by atoms with Crippen LogP contribution in [0.1, 0.15) is 18.4 Å². The second kappa shape index (κ2) is 4.31. The zero-order valence-corrected chi connectivity index (χ0v) is 12.0. The van der Waals surface area contributed by atoms with Gasteiger partial charge < -0.3 is 10.1 Å². The fourth-order valence-electron chi connectivity index (χ4n) is 4.46. The van der Waals surface area contributed by atoms with Crippen molar-refractivity contribution >= 4 is 17.6 Å². The number of amides is 1. The lowest BCUT2D eigenvalue weighted by Gasteiger charge is -2.28. The number of esters is 1. The van der Waals surface area contributed by atoms with Crippen LogP contribution in [0.5, 0.6) is 0 Å². The lowest BCUT2D eigenvalue weighted by Crippen LogP contribution is -2.47. The van der Waals surface area contributed by atoms with Crippen LogP contribution in [-0.4, -0.2) is 43.0 Å². The molecule has 1 aromatic rings. The Balaban J connectivity index is 1.89. The van der Waals surface area contributed by atoms with Gasteiger partial charge in [-0.15, -0.1) is 0 Å². The van der Waals surface area contributed by atoms with Gasteiger partial charge in [-0.25, -0.2) is 0 Å². The summed E-state index contributed by atoms with van der Waals surface area (Å²) in [6, 6.07) is 7.82. The number of carbonyl (C=O) groups excluding carboxylic acids is 2. The van der Waals surface area contributed by atoms with Crippen molar-refractivity contribution in [1.29, 1.82) is 0 Å². The number of rotatable bonds is 1. The minimum absolute atomic E-state index is 0.0616. The highest BCUT2D eigenvalue weighted by atomic mass is 16.5. The summed E-state index contributed by atoms with van der Waals surface area (Å²) in [5.74, 6) is -0.738. The first-order valence-electron chi connectivity index (χ1n) is 7.41. The van der Waals surface area contributed by atoms with Crippen LogP contribution in [0, 0.1) is 5.92 Å². The number of nitrogens with one attached hydrogen (secondary N) is 1. The molecule has 0 aliphatic carbocycles. The predicted molar refractivity (Wildman–Crippen MR) is 76.9 cm³/mol. The molecule has 0 bridgehead atoms. The van der Waals surface area contributed by atoms with E-state index >= 15 is 0 Å². The average molecular weight is 286 g/mol. The molecule has 2 fully saturated rings. The maximum absolute atomic E-state index is 12.8. The molecular formula is C16H18N2O3. The zero-order chi connectivity index (χ0) is 14.6. The molecule has 1 spiro atoms. The van der Waals surface area contributed by atoms with Gasteiger partial charge in [-0.3, -0.25) is 14.5 Å². The molecule has 110 valence electrons. The summed E-state index contributed by atoms with van der Waals surface area (Å²) >= 11 is 0. The van der Waals surface area contributed by atoms with Gasteiger partial charge in [0.05, 0.1) is 13.0 Å². The number of carbonyl (C=O) groups is 2. The van der Waals surface area contributed by atoms with Crippen LogP contribution in [0.4, 0.5) is 5.69 Å². The normalized spacial score (nSPS) is 33.9. The molecule has 0 aromatic heterocycles. The highest BCUT2D eigenvalue weighted by molar-refractivity contribution is 6.09. The Labute approximate surface area is 123 Å². The molecule has 4 rings (SSSR count).